The Kier molecular flexibility index (Phi) is 2.81. The molecular formula is C12H16N2O2. The molecule has 0 radical (unpaired) electrons. The van der Waals surface area contributed by atoms with Gasteiger partial charge in [-0.05, 0) is 37.8 Å². The van der Waals surface area contributed by atoms with Gasteiger partial charge in [-0.3, -0.25) is 9.78 Å². The van der Waals surface area contributed by atoms with E-state index in [1.54, 1.807) is 12.4 Å². The van der Waals surface area contributed by atoms with Gasteiger partial charge in [-0.2, -0.15) is 0 Å². The van der Waals surface area contributed by atoms with E-state index in [-0.39, 0.29) is 12.0 Å². The third kappa shape index (κ3) is 2.15. The number of aromatic nitrogens is 1. The normalized spacial score (nSPS) is 17.6. The molecule has 0 atom stereocenters. The van der Waals surface area contributed by atoms with E-state index in [9.17, 15) is 4.79 Å². The van der Waals surface area contributed by atoms with Crippen molar-refractivity contribution >= 4 is 11.7 Å². The van der Waals surface area contributed by atoms with Gasteiger partial charge in [0.2, 0.25) is 0 Å². The van der Waals surface area contributed by atoms with E-state index in [4.69, 9.17) is 5.11 Å². The van der Waals surface area contributed by atoms with Gasteiger partial charge < -0.3 is 10.4 Å². The maximum absolute atomic E-state index is 10.8. The van der Waals surface area contributed by atoms with Crippen LogP contribution in [0.4, 0.5) is 5.69 Å². The Morgan fingerprint density at radius 1 is 1.62 bits per heavy atom. The number of carboxylic acids is 1. The van der Waals surface area contributed by atoms with Gasteiger partial charge >= 0.3 is 5.97 Å². The molecule has 0 aliphatic heterocycles. The van der Waals surface area contributed by atoms with Gasteiger partial charge in [0.25, 0.3) is 0 Å². The maximum Gasteiger partial charge on any atom is 0.305 e. The first-order chi connectivity index (χ1) is 7.61. The molecule has 1 saturated carbocycles. The summed E-state index contributed by atoms with van der Waals surface area (Å²) in [6, 6.07) is 1.90. The third-order valence-corrected chi connectivity index (χ3v) is 3.22. The minimum atomic E-state index is -0.737. The smallest absolute Gasteiger partial charge is 0.305 e. The molecule has 0 bridgehead atoms. The topological polar surface area (TPSA) is 62.2 Å². The van der Waals surface area contributed by atoms with Gasteiger partial charge in [0.15, 0.2) is 0 Å². The van der Waals surface area contributed by atoms with E-state index >= 15 is 0 Å². The maximum atomic E-state index is 10.8. The summed E-state index contributed by atoms with van der Waals surface area (Å²) in [4.78, 5) is 14.9. The molecule has 2 rings (SSSR count). The molecule has 86 valence electrons. The van der Waals surface area contributed by atoms with E-state index < -0.39 is 5.97 Å². The number of rotatable bonds is 4. The van der Waals surface area contributed by atoms with Crippen molar-refractivity contribution < 1.29 is 9.90 Å². The number of carbonyl (C=O) groups is 1. The zero-order valence-electron chi connectivity index (χ0n) is 9.36. The number of hydrogen-bond donors (Lipinski definition) is 2. The number of aliphatic carboxylic acids is 1. The standard InChI is InChI=1S/C12H16N2O2/c1-9-8-13-6-3-10(9)14-12(4-2-5-12)7-11(15)16/h3,6,8H,2,4-5,7H2,1H3,(H,13,14)(H,15,16). The lowest BCUT2D eigenvalue weighted by Gasteiger charge is -2.42. The van der Waals surface area contributed by atoms with Crippen LogP contribution >= 0.6 is 0 Å². The van der Waals surface area contributed by atoms with Crippen molar-refractivity contribution in [2.75, 3.05) is 5.32 Å². The number of nitrogens with one attached hydrogen (secondary N) is 1. The Balaban J connectivity index is 2.13. The van der Waals surface area contributed by atoms with Gasteiger partial charge in [0.1, 0.15) is 0 Å². The van der Waals surface area contributed by atoms with Crippen LogP contribution in [0.2, 0.25) is 0 Å². The molecule has 1 aliphatic carbocycles. The number of carboxylic acid groups (broad SMARTS) is 1. The molecule has 1 heterocycles. The quantitative estimate of drug-likeness (QED) is 0.816. The lowest BCUT2D eigenvalue weighted by atomic mass is 9.74. The molecule has 0 unspecified atom stereocenters. The van der Waals surface area contributed by atoms with Crippen LogP contribution in [0.15, 0.2) is 18.5 Å². The molecule has 16 heavy (non-hydrogen) atoms. The fourth-order valence-corrected chi connectivity index (χ4v) is 2.14. The summed E-state index contributed by atoms with van der Waals surface area (Å²) in [7, 11) is 0. The van der Waals surface area contributed by atoms with Crippen molar-refractivity contribution in [3.05, 3.63) is 24.0 Å². The summed E-state index contributed by atoms with van der Waals surface area (Å²) in [6.07, 6.45) is 6.67. The van der Waals surface area contributed by atoms with Crippen molar-refractivity contribution in [2.24, 2.45) is 0 Å². The zero-order chi connectivity index (χ0) is 11.6. The molecule has 1 aromatic heterocycles. The second kappa shape index (κ2) is 4.12. The lowest BCUT2D eigenvalue weighted by molar-refractivity contribution is -0.138. The number of hydrogen-bond acceptors (Lipinski definition) is 3. The summed E-state index contributed by atoms with van der Waals surface area (Å²) >= 11 is 0. The van der Waals surface area contributed by atoms with E-state index in [0.29, 0.717) is 0 Å². The summed E-state index contributed by atoms with van der Waals surface area (Å²) in [6.45, 7) is 1.97. The van der Waals surface area contributed by atoms with Gasteiger partial charge in [0.05, 0.1) is 6.42 Å². The van der Waals surface area contributed by atoms with Crippen molar-refractivity contribution in [1.29, 1.82) is 0 Å². The Morgan fingerprint density at radius 3 is 2.88 bits per heavy atom. The number of aryl methyl sites for hydroxylation is 1. The molecule has 0 saturated heterocycles. The predicted molar refractivity (Wildman–Crippen MR) is 61.4 cm³/mol. The average Bonchev–Trinajstić information content (AvgIpc) is 2.17. The summed E-state index contributed by atoms with van der Waals surface area (Å²) < 4.78 is 0. The molecule has 0 amide bonds. The third-order valence-electron chi connectivity index (χ3n) is 3.22. The lowest BCUT2D eigenvalue weighted by Crippen LogP contribution is -2.46. The van der Waals surface area contributed by atoms with Crippen molar-refractivity contribution in [1.82, 2.24) is 4.98 Å². The molecule has 1 aromatic rings. The fraction of sp³-hybridized carbons (Fsp3) is 0.500. The second-order valence-corrected chi connectivity index (χ2v) is 4.52. The minimum absolute atomic E-state index is 0.189. The van der Waals surface area contributed by atoms with Gasteiger partial charge in [0, 0.05) is 23.6 Å². The Labute approximate surface area is 94.7 Å². The van der Waals surface area contributed by atoms with Crippen LogP contribution in [0.5, 0.6) is 0 Å². The summed E-state index contributed by atoms with van der Waals surface area (Å²) in [5.41, 5.74) is 1.81. The van der Waals surface area contributed by atoms with E-state index in [2.05, 4.69) is 10.3 Å². The highest BCUT2D eigenvalue weighted by Gasteiger charge is 2.39. The van der Waals surface area contributed by atoms with Crippen LogP contribution in [0.3, 0.4) is 0 Å². The first-order valence-electron chi connectivity index (χ1n) is 5.52. The van der Waals surface area contributed by atoms with Crippen molar-refractivity contribution in [2.45, 2.75) is 38.1 Å². The highest BCUT2D eigenvalue weighted by Crippen LogP contribution is 2.38. The van der Waals surface area contributed by atoms with Crippen molar-refractivity contribution in [3.8, 4) is 0 Å². The molecule has 0 spiro atoms. The number of pyridine rings is 1. The Bertz CT molecular complexity index is 400. The monoisotopic (exact) mass is 220 g/mol. The Morgan fingerprint density at radius 2 is 2.38 bits per heavy atom. The molecule has 1 fully saturated rings. The largest absolute Gasteiger partial charge is 0.481 e. The number of anilines is 1. The molecule has 1 aliphatic rings. The van der Waals surface area contributed by atoms with Gasteiger partial charge in [-0.15, -0.1) is 0 Å². The molecular weight excluding hydrogens is 204 g/mol. The first-order valence-corrected chi connectivity index (χ1v) is 5.52. The van der Waals surface area contributed by atoms with Crippen LogP contribution in [-0.4, -0.2) is 21.6 Å². The SMILES string of the molecule is Cc1cnccc1NC1(CC(=O)O)CCC1. The predicted octanol–water partition coefficient (Wildman–Crippen LogP) is 2.20. The van der Waals surface area contributed by atoms with Gasteiger partial charge in [-0.1, -0.05) is 0 Å². The molecule has 4 nitrogen and oxygen atoms in total. The van der Waals surface area contributed by atoms with Crippen molar-refractivity contribution in [3.63, 3.8) is 0 Å². The average molecular weight is 220 g/mol. The van der Waals surface area contributed by atoms with Crippen LogP contribution in [0.1, 0.15) is 31.2 Å². The summed E-state index contributed by atoms with van der Waals surface area (Å²) in [5.74, 6) is -0.737. The second-order valence-electron chi connectivity index (χ2n) is 4.52. The van der Waals surface area contributed by atoms with E-state index in [1.165, 1.54) is 0 Å². The van der Waals surface area contributed by atoms with Crippen LogP contribution in [0.25, 0.3) is 0 Å². The van der Waals surface area contributed by atoms with Crippen LogP contribution in [0, 0.1) is 6.92 Å². The minimum Gasteiger partial charge on any atom is -0.481 e. The van der Waals surface area contributed by atoms with Gasteiger partial charge in [-0.25, -0.2) is 0 Å². The summed E-state index contributed by atoms with van der Waals surface area (Å²) in [5, 5.41) is 12.3. The number of nitrogens with zero attached hydrogens (tertiary/aromatic N) is 1. The highest BCUT2D eigenvalue weighted by molar-refractivity contribution is 5.70. The highest BCUT2D eigenvalue weighted by atomic mass is 16.4. The molecule has 2 N–H and O–H groups in total. The molecule has 4 heteroatoms. The fourth-order valence-electron chi connectivity index (χ4n) is 2.14. The van der Waals surface area contributed by atoms with E-state index in [0.717, 1.165) is 30.5 Å². The van der Waals surface area contributed by atoms with Crippen LogP contribution < -0.4 is 5.32 Å². The van der Waals surface area contributed by atoms with Crippen LogP contribution in [-0.2, 0) is 4.79 Å². The van der Waals surface area contributed by atoms with E-state index in [1.807, 2.05) is 13.0 Å². The molecule has 0 aromatic carbocycles. The Hall–Kier alpha value is -1.58. The first kappa shape index (κ1) is 10.9. The zero-order valence-corrected chi connectivity index (χ0v) is 9.36.